The average molecular weight is 388 g/mol. The highest BCUT2D eigenvalue weighted by molar-refractivity contribution is 5.96. The maximum Gasteiger partial charge on any atom is 0.279 e. The summed E-state index contributed by atoms with van der Waals surface area (Å²) < 4.78 is 0. The number of amides is 2. The fourth-order valence-corrected chi connectivity index (χ4v) is 3.88. The summed E-state index contributed by atoms with van der Waals surface area (Å²) in [5.41, 5.74) is 2.86. The van der Waals surface area contributed by atoms with E-state index in [1.165, 1.54) is 16.3 Å². The van der Waals surface area contributed by atoms with Crippen molar-refractivity contribution >= 4 is 34.0 Å². The molecule has 148 valence electrons. The largest absolute Gasteiger partial charge is 0.326 e. The first-order valence-corrected chi connectivity index (χ1v) is 10.1. The molecule has 5 nitrogen and oxygen atoms in total. The van der Waals surface area contributed by atoms with Gasteiger partial charge in [0.25, 0.3) is 5.91 Å². The van der Waals surface area contributed by atoms with Gasteiger partial charge < -0.3 is 15.1 Å². The predicted octanol–water partition coefficient (Wildman–Crippen LogP) is 2.62. The summed E-state index contributed by atoms with van der Waals surface area (Å²) in [4.78, 5) is 27.2. The zero-order valence-corrected chi connectivity index (χ0v) is 16.7. The third kappa shape index (κ3) is 4.63. The molecule has 2 amide bonds. The molecule has 1 unspecified atom stereocenters. The molecule has 0 saturated carbocycles. The second-order valence-electron chi connectivity index (χ2n) is 7.74. The number of nitrogens with zero attached hydrogens (tertiary/aromatic N) is 1. The van der Waals surface area contributed by atoms with Crippen LogP contribution in [0, 0.1) is 0 Å². The van der Waals surface area contributed by atoms with Gasteiger partial charge in [0.2, 0.25) is 5.91 Å². The summed E-state index contributed by atoms with van der Waals surface area (Å²) in [5, 5.41) is 5.40. The van der Waals surface area contributed by atoms with Gasteiger partial charge in [0.1, 0.15) is 6.54 Å². The van der Waals surface area contributed by atoms with E-state index in [0.29, 0.717) is 13.0 Å². The lowest BCUT2D eigenvalue weighted by Crippen LogP contribution is -3.08. The number of hydrogen-bond acceptors (Lipinski definition) is 2. The van der Waals surface area contributed by atoms with E-state index >= 15 is 0 Å². The Morgan fingerprint density at radius 2 is 1.79 bits per heavy atom. The normalized spacial score (nSPS) is 14.9. The van der Waals surface area contributed by atoms with Gasteiger partial charge in [0.05, 0.1) is 7.05 Å². The Balaban J connectivity index is 1.32. The molecule has 0 bridgehead atoms. The first kappa shape index (κ1) is 19.2. The van der Waals surface area contributed by atoms with Crippen LogP contribution in [0.3, 0.4) is 0 Å². The number of benzene rings is 3. The van der Waals surface area contributed by atoms with E-state index in [-0.39, 0.29) is 11.8 Å². The van der Waals surface area contributed by atoms with Gasteiger partial charge in [-0.15, -0.1) is 0 Å². The molecular formula is C24H26N3O2+. The van der Waals surface area contributed by atoms with Crippen LogP contribution in [0.2, 0.25) is 0 Å². The summed E-state index contributed by atoms with van der Waals surface area (Å²) in [7, 11) is 2.02. The second kappa shape index (κ2) is 8.45. The van der Waals surface area contributed by atoms with Crippen molar-refractivity contribution in [3.63, 3.8) is 0 Å². The van der Waals surface area contributed by atoms with E-state index in [0.717, 1.165) is 35.8 Å². The van der Waals surface area contributed by atoms with Crippen LogP contribution in [-0.2, 0) is 16.1 Å². The number of fused-ring (bicyclic) bond motifs is 1. The van der Waals surface area contributed by atoms with Crippen LogP contribution in [0.5, 0.6) is 0 Å². The highest BCUT2D eigenvalue weighted by Crippen LogP contribution is 2.23. The lowest BCUT2D eigenvalue weighted by atomic mass is 10.1. The fourth-order valence-electron chi connectivity index (χ4n) is 3.88. The Bertz CT molecular complexity index is 1030. The number of likely N-dealkylation sites (N-methyl/N-ethyl adjacent to an activating group) is 1. The van der Waals surface area contributed by atoms with Gasteiger partial charge >= 0.3 is 0 Å². The molecule has 3 aromatic carbocycles. The number of carbonyl (C=O) groups is 2. The molecule has 1 fully saturated rings. The Kier molecular flexibility index (Phi) is 5.58. The molecule has 4 rings (SSSR count). The number of quaternary nitrogens is 1. The first-order valence-electron chi connectivity index (χ1n) is 10.1. The predicted molar refractivity (Wildman–Crippen MR) is 116 cm³/mol. The Labute approximate surface area is 170 Å². The molecule has 5 heteroatoms. The van der Waals surface area contributed by atoms with Gasteiger partial charge in [-0.2, -0.15) is 0 Å². The molecule has 0 aliphatic carbocycles. The molecule has 1 atom stereocenters. The van der Waals surface area contributed by atoms with Crippen molar-refractivity contribution < 1.29 is 14.5 Å². The summed E-state index contributed by atoms with van der Waals surface area (Å²) in [6.45, 7) is 1.95. The monoisotopic (exact) mass is 388 g/mol. The smallest absolute Gasteiger partial charge is 0.279 e. The lowest BCUT2D eigenvalue weighted by molar-refractivity contribution is -0.885. The van der Waals surface area contributed by atoms with E-state index in [9.17, 15) is 9.59 Å². The summed E-state index contributed by atoms with van der Waals surface area (Å²) in [6.07, 6.45) is 1.52. The maximum absolute atomic E-state index is 12.4. The van der Waals surface area contributed by atoms with Crippen molar-refractivity contribution in [1.29, 1.82) is 0 Å². The molecule has 0 spiro atoms. The van der Waals surface area contributed by atoms with Gasteiger partial charge in [0, 0.05) is 29.9 Å². The summed E-state index contributed by atoms with van der Waals surface area (Å²) >= 11 is 0. The molecular weight excluding hydrogens is 362 g/mol. The van der Waals surface area contributed by atoms with Gasteiger partial charge in [-0.25, -0.2) is 0 Å². The molecule has 2 N–H and O–H groups in total. The molecule has 1 heterocycles. The number of nitrogens with one attached hydrogen (secondary N) is 2. The average Bonchev–Trinajstić information content (AvgIpc) is 3.14. The summed E-state index contributed by atoms with van der Waals surface area (Å²) in [5.74, 6) is 0.147. The third-order valence-electron chi connectivity index (χ3n) is 5.32. The van der Waals surface area contributed by atoms with Crippen LogP contribution in [0.4, 0.5) is 11.4 Å². The minimum atomic E-state index is -0.0201. The van der Waals surface area contributed by atoms with Gasteiger partial charge in [-0.05, 0) is 47.5 Å². The van der Waals surface area contributed by atoms with Crippen LogP contribution in [-0.4, -0.2) is 32.0 Å². The zero-order valence-electron chi connectivity index (χ0n) is 16.7. The van der Waals surface area contributed by atoms with Gasteiger partial charge in [-0.1, -0.05) is 36.4 Å². The van der Waals surface area contributed by atoms with Crippen LogP contribution < -0.4 is 15.1 Å². The van der Waals surface area contributed by atoms with Crippen molar-refractivity contribution in [3.8, 4) is 0 Å². The minimum absolute atomic E-state index is 0.0201. The van der Waals surface area contributed by atoms with E-state index in [1.54, 1.807) is 4.90 Å². The zero-order chi connectivity index (χ0) is 20.2. The standard InChI is InChI=1S/C24H25N3O2/c1-26(16-18-8-9-19-5-2-3-6-20(19)15-18)17-23(28)25-21-10-12-22(13-11-21)27-14-4-7-24(27)29/h2-3,5-6,8-13,15H,4,7,14,16-17H2,1H3,(H,25,28)/p+1. The van der Waals surface area contributed by atoms with Crippen LogP contribution >= 0.6 is 0 Å². The van der Waals surface area contributed by atoms with E-state index in [4.69, 9.17) is 0 Å². The van der Waals surface area contributed by atoms with Crippen LogP contribution in [0.15, 0.2) is 66.7 Å². The van der Waals surface area contributed by atoms with E-state index in [1.807, 2.05) is 43.4 Å². The van der Waals surface area contributed by atoms with Crippen LogP contribution in [0.1, 0.15) is 18.4 Å². The highest BCUT2D eigenvalue weighted by Gasteiger charge is 2.21. The van der Waals surface area contributed by atoms with Gasteiger partial charge in [0.15, 0.2) is 6.54 Å². The van der Waals surface area contributed by atoms with Crippen molar-refractivity contribution in [2.45, 2.75) is 19.4 Å². The van der Waals surface area contributed by atoms with Crippen molar-refractivity contribution in [2.24, 2.45) is 0 Å². The molecule has 29 heavy (non-hydrogen) atoms. The van der Waals surface area contributed by atoms with Crippen molar-refractivity contribution in [3.05, 3.63) is 72.3 Å². The molecule has 1 saturated heterocycles. The number of carbonyl (C=O) groups excluding carboxylic acids is 2. The quantitative estimate of drug-likeness (QED) is 0.682. The third-order valence-corrected chi connectivity index (χ3v) is 5.32. The Morgan fingerprint density at radius 3 is 2.52 bits per heavy atom. The highest BCUT2D eigenvalue weighted by atomic mass is 16.2. The second-order valence-corrected chi connectivity index (χ2v) is 7.74. The van der Waals surface area contributed by atoms with Crippen molar-refractivity contribution in [1.82, 2.24) is 0 Å². The molecule has 1 aliphatic heterocycles. The fraction of sp³-hybridized carbons (Fsp3) is 0.250. The number of anilines is 2. The molecule has 1 aliphatic rings. The minimum Gasteiger partial charge on any atom is -0.326 e. The van der Waals surface area contributed by atoms with E-state index in [2.05, 4.69) is 35.6 Å². The van der Waals surface area contributed by atoms with Crippen molar-refractivity contribution in [2.75, 3.05) is 30.4 Å². The van der Waals surface area contributed by atoms with Crippen LogP contribution in [0.25, 0.3) is 10.8 Å². The molecule has 3 aromatic rings. The molecule has 0 aromatic heterocycles. The Morgan fingerprint density at radius 1 is 1.03 bits per heavy atom. The topological polar surface area (TPSA) is 53.9 Å². The maximum atomic E-state index is 12.4. The first-order chi connectivity index (χ1) is 14.1. The lowest BCUT2D eigenvalue weighted by Gasteiger charge is -2.17. The SMILES string of the molecule is C[NH+](CC(=O)Nc1ccc(N2CCCC2=O)cc1)Cc1ccc2ccccc2c1. The van der Waals surface area contributed by atoms with E-state index < -0.39 is 0 Å². The van der Waals surface area contributed by atoms with Gasteiger partial charge in [-0.3, -0.25) is 9.59 Å². The Hall–Kier alpha value is -3.18. The number of hydrogen-bond donors (Lipinski definition) is 2. The summed E-state index contributed by atoms with van der Waals surface area (Å²) in [6, 6.07) is 22.3. The molecule has 0 radical (unpaired) electrons. The number of rotatable bonds is 6.